The van der Waals surface area contributed by atoms with Gasteiger partial charge < -0.3 is 4.98 Å². The molecule has 1 heterocycles. The monoisotopic (exact) mass is 300 g/mol. The zero-order valence-corrected chi connectivity index (χ0v) is 13.5. The van der Waals surface area contributed by atoms with Gasteiger partial charge in [0.05, 0.1) is 10.9 Å². The second-order valence-electron chi connectivity index (χ2n) is 7.04. The number of aromatic nitrogens is 2. The summed E-state index contributed by atoms with van der Waals surface area (Å²) >= 11 is 0. The molecule has 1 aromatic carbocycles. The molecule has 118 valence electrons. The summed E-state index contributed by atoms with van der Waals surface area (Å²) < 4.78 is 1.49. The van der Waals surface area contributed by atoms with E-state index in [9.17, 15) is 9.59 Å². The summed E-state index contributed by atoms with van der Waals surface area (Å²) in [4.78, 5) is 28.3. The molecule has 0 unspecified atom stereocenters. The molecule has 0 aliphatic heterocycles. The minimum Gasteiger partial charge on any atom is -0.307 e. The third kappa shape index (κ3) is 2.51. The van der Waals surface area contributed by atoms with E-state index < -0.39 is 0 Å². The average molecular weight is 300 g/mol. The highest BCUT2D eigenvalue weighted by molar-refractivity contribution is 5.76. The van der Waals surface area contributed by atoms with Crippen molar-refractivity contribution in [2.75, 3.05) is 0 Å². The van der Waals surface area contributed by atoms with Crippen molar-refractivity contribution in [2.45, 2.75) is 46.1 Å². The predicted molar refractivity (Wildman–Crippen MR) is 89.2 cm³/mol. The SMILES string of the molecule is CC(C)[C@@H]1CC[C@@H](C)C[C@@H]1n1c(=O)[nH]c2ccccc2c1=O. The minimum absolute atomic E-state index is 0.00426. The number of H-pyrrole nitrogens is 1. The van der Waals surface area contributed by atoms with Crippen LogP contribution in [-0.4, -0.2) is 9.55 Å². The first-order valence-corrected chi connectivity index (χ1v) is 8.22. The van der Waals surface area contributed by atoms with Crippen molar-refractivity contribution in [3.05, 3.63) is 45.1 Å². The van der Waals surface area contributed by atoms with Crippen LogP contribution >= 0.6 is 0 Å². The maximum Gasteiger partial charge on any atom is 0.329 e. The molecule has 1 aromatic heterocycles. The molecule has 0 saturated heterocycles. The number of rotatable bonds is 2. The van der Waals surface area contributed by atoms with Crippen LogP contribution in [-0.2, 0) is 0 Å². The van der Waals surface area contributed by atoms with Crippen molar-refractivity contribution in [2.24, 2.45) is 17.8 Å². The van der Waals surface area contributed by atoms with E-state index in [0.29, 0.717) is 28.7 Å². The summed E-state index contributed by atoms with van der Waals surface area (Å²) in [6, 6.07) is 7.26. The molecule has 3 atom stereocenters. The quantitative estimate of drug-likeness (QED) is 0.925. The molecule has 0 bridgehead atoms. The Hall–Kier alpha value is -1.84. The molecule has 1 saturated carbocycles. The first kappa shape index (κ1) is 15.1. The van der Waals surface area contributed by atoms with Crippen LogP contribution in [0.3, 0.4) is 0 Å². The van der Waals surface area contributed by atoms with Crippen LogP contribution < -0.4 is 11.2 Å². The Labute approximate surface area is 130 Å². The highest BCUT2D eigenvalue weighted by Gasteiger charge is 2.33. The molecule has 2 aromatic rings. The van der Waals surface area contributed by atoms with E-state index in [1.807, 2.05) is 12.1 Å². The lowest BCUT2D eigenvalue weighted by Crippen LogP contribution is -2.43. The molecule has 1 aliphatic rings. The fraction of sp³-hybridized carbons (Fsp3) is 0.556. The Morgan fingerprint density at radius 1 is 1.18 bits per heavy atom. The normalized spacial score (nSPS) is 25.7. The van der Waals surface area contributed by atoms with E-state index in [2.05, 4.69) is 25.8 Å². The maximum atomic E-state index is 12.9. The molecule has 4 heteroatoms. The lowest BCUT2D eigenvalue weighted by atomic mass is 9.74. The van der Waals surface area contributed by atoms with E-state index in [-0.39, 0.29) is 17.3 Å². The average Bonchev–Trinajstić information content (AvgIpc) is 2.47. The third-order valence-corrected chi connectivity index (χ3v) is 5.16. The number of nitrogens with zero attached hydrogens (tertiary/aromatic N) is 1. The number of hydrogen-bond acceptors (Lipinski definition) is 2. The van der Waals surface area contributed by atoms with E-state index >= 15 is 0 Å². The van der Waals surface area contributed by atoms with Crippen molar-refractivity contribution < 1.29 is 0 Å². The lowest BCUT2D eigenvalue weighted by molar-refractivity contribution is 0.143. The van der Waals surface area contributed by atoms with Crippen LogP contribution in [0.2, 0.25) is 0 Å². The number of benzene rings is 1. The van der Waals surface area contributed by atoms with Crippen LogP contribution in [0.4, 0.5) is 0 Å². The Morgan fingerprint density at radius 3 is 2.64 bits per heavy atom. The standard InChI is InChI=1S/C18H24N2O2/c1-11(2)13-9-8-12(3)10-16(13)20-17(21)14-6-4-5-7-15(14)19-18(20)22/h4-7,11-13,16H,8-10H2,1-3H3,(H,19,22)/t12-,13+,16+/m1/s1. The highest BCUT2D eigenvalue weighted by Crippen LogP contribution is 2.39. The number of aromatic amines is 1. The fourth-order valence-corrected chi connectivity index (χ4v) is 3.93. The molecular formula is C18H24N2O2. The van der Waals surface area contributed by atoms with Gasteiger partial charge in [-0.1, -0.05) is 39.3 Å². The van der Waals surface area contributed by atoms with Crippen molar-refractivity contribution in [1.82, 2.24) is 9.55 Å². The van der Waals surface area contributed by atoms with Gasteiger partial charge in [0.15, 0.2) is 0 Å². The van der Waals surface area contributed by atoms with Crippen LogP contribution in [0.5, 0.6) is 0 Å². The second kappa shape index (κ2) is 5.75. The van der Waals surface area contributed by atoms with Gasteiger partial charge in [-0.25, -0.2) is 4.79 Å². The first-order valence-electron chi connectivity index (χ1n) is 8.22. The number of hydrogen-bond donors (Lipinski definition) is 1. The molecule has 0 amide bonds. The first-order chi connectivity index (χ1) is 10.5. The molecule has 0 spiro atoms. The van der Waals surface area contributed by atoms with Gasteiger partial charge in [0, 0.05) is 6.04 Å². The molecular weight excluding hydrogens is 276 g/mol. The minimum atomic E-state index is -0.270. The van der Waals surface area contributed by atoms with Gasteiger partial charge in [-0.3, -0.25) is 9.36 Å². The van der Waals surface area contributed by atoms with Gasteiger partial charge in [0.1, 0.15) is 0 Å². The Bertz CT molecular complexity index is 788. The largest absolute Gasteiger partial charge is 0.329 e. The predicted octanol–water partition coefficient (Wildman–Crippen LogP) is 3.32. The van der Waals surface area contributed by atoms with Gasteiger partial charge in [0.25, 0.3) is 5.56 Å². The van der Waals surface area contributed by atoms with Gasteiger partial charge in [-0.05, 0) is 42.7 Å². The zero-order valence-electron chi connectivity index (χ0n) is 13.5. The summed E-state index contributed by atoms with van der Waals surface area (Å²) in [5.41, 5.74) is 0.205. The lowest BCUT2D eigenvalue weighted by Gasteiger charge is -2.37. The molecule has 4 nitrogen and oxygen atoms in total. The summed E-state index contributed by atoms with van der Waals surface area (Å²) in [6.45, 7) is 6.59. The van der Waals surface area contributed by atoms with E-state index in [1.165, 1.54) is 11.0 Å². The van der Waals surface area contributed by atoms with Crippen LogP contribution in [0.25, 0.3) is 10.9 Å². The Morgan fingerprint density at radius 2 is 1.91 bits per heavy atom. The third-order valence-electron chi connectivity index (χ3n) is 5.16. The van der Waals surface area contributed by atoms with Crippen LogP contribution in [0, 0.1) is 17.8 Å². The summed E-state index contributed by atoms with van der Waals surface area (Å²) in [7, 11) is 0. The Kier molecular flexibility index (Phi) is 3.94. The molecule has 22 heavy (non-hydrogen) atoms. The van der Waals surface area contributed by atoms with E-state index in [0.717, 1.165) is 12.8 Å². The van der Waals surface area contributed by atoms with E-state index in [1.54, 1.807) is 12.1 Å². The van der Waals surface area contributed by atoms with E-state index in [4.69, 9.17) is 0 Å². The summed E-state index contributed by atoms with van der Waals surface area (Å²) in [5, 5.41) is 0.600. The molecule has 0 radical (unpaired) electrons. The summed E-state index contributed by atoms with van der Waals surface area (Å²) in [6.07, 6.45) is 3.17. The van der Waals surface area contributed by atoms with Gasteiger partial charge >= 0.3 is 5.69 Å². The number of para-hydroxylation sites is 1. The van der Waals surface area contributed by atoms with Crippen LogP contribution in [0.15, 0.2) is 33.9 Å². The smallest absolute Gasteiger partial charge is 0.307 e. The van der Waals surface area contributed by atoms with Crippen LogP contribution in [0.1, 0.15) is 46.1 Å². The van der Waals surface area contributed by atoms with Crippen molar-refractivity contribution >= 4 is 10.9 Å². The highest BCUT2D eigenvalue weighted by atomic mass is 16.2. The zero-order chi connectivity index (χ0) is 15.9. The van der Waals surface area contributed by atoms with Crippen molar-refractivity contribution in [3.63, 3.8) is 0 Å². The van der Waals surface area contributed by atoms with Gasteiger partial charge in [-0.2, -0.15) is 0 Å². The van der Waals surface area contributed by atoms with Gasteiger partial charge in [-0.15, -0.1) is 0 Å². The number of fused-ring (bicyclic) bond motifs is 1. The molecule has 1 N–H and O–H groups in total. The maximum absolute atomic E-state index is 12.9. The molecule has 3 rings (SSSR count). The fourth-order valence-electron chi connectivity index (χ4n) is 3.93. The van der Waals surface area contributed by atoms with Crippen molar-refractivity contribution in [3.8, 4) is 0 Å². The van der Waals surface area contributed by atoms with Crippen molar-refractivity contribution in [1.29, 1.82) is 0 Å². The Balaban J connectivity index is 2.19. The number of nitrogens with one attached hydrogen (secondary N) is 1. The second-order valence-corrected chi connectivity index (χ2v) is 7.04. The topological polar surface area (TPSA) is 54.9 Å². The molecule has 1 aliphatic carbocycles. The van der Waals surface area contributed by atoms with Gasteiger partial charge in [0.2, 0.25) is 0 Å². The summed E-state index contributed by atoms with van der Waals surface area (Å²) in [5.74, 6) is 1.41. The molecule has 1 fully saturated rings.